The number of rotatable bonds is 6. The highest BCUT2D eigenvalue weighted by Gasteiger charge is 2.35. The summed E-state index contributed by atoms with van der Waals surface area (Å²) in [5.74, 6) is 0. The largest absolute Gasteiger partial charge is 0.310 e. The molecule has 0 unspecified atom stereocenters. The first-order chi connectivity index (χ1) is 30.0. The predicted molar refractivity (Wildman–Crippen MR) is 257 cm³/mol. The van der Waals surface area contributed by atoms with Crippen LogP contribution in [0, 0.1) is 0 Å². The molecule has 1 aliphatic rings. The Morgan fingerprint density at radius 3 is 1.77 bits per heavy atom. The monoisotopic (exact) mass is 779 g/mol. The summed E-state index contributed by atoms with van der Waals surface area (Å²) in [6.45, 7) is 4.70. The summed E-state index contributed by atoms with van der Waals surface area (Å²) >= 11 is 0. The molecule has 0 saturated heterocycles. The van der Waals surface area contributed by atoms with E-state index in [0.29, 0.717) is 0 Å². The first-order valence-corrected chi connectivity index (χ1v) is 21.1. The van der Waals surface area contributed by atoms with Gasteiger partial charge in [0, 0.05) is 60.7 Å². The quantitative estimate of drug-likeness (QED) is 0.157. The Bertz CT molecular complexity index is 3470. The molecule has 11 aromatic rings. The van der Waals surface area contributed by atoms with Gasteiger partial charge in [-0.1, -0.05) is 159 Å². The van der Waals surface area contributed by atoms with Crippen molar-refractivity contribution in [2.75, 3.05) is 4.90 Å². The lowest BCUT2D eigenvalue weighted by Crippen LogP contribution is -2.16. The van der Waals surface area contributed by atoms with E-state index in [0.717, 1.165) is 50.3 Å². The number of para-hydroxylation sites is 3. The van der Waals surface area contributed by atoms with Crippen LogP contribution in [0.1, 0.15) is 25.0 Å². The van der Waals surface area contributed by atoms with Gasteiger partial charge in [-0.05, 0) is 100 Å². The van der Waals surface area contributed by atoms with E-state index in [2.05, 4.69) is 236 Å². The third-order valence-electron chi connectivity index (χ3n) is 13.0. The maximum atomic E-state index is 5.41. The zero-order chi connectivity index (χ0) is 40.7. The van der Waals surface area contributed by atoms with E-state index >= 15 is 0 Å². The van der Waals surface area contributed by atoms with Crippen LogP contribution in [0.4, 0.5) is 17.1 Å². The highest BCUT2D eigenvalue weighted by atomic mass is 15.1. The second-order valence-electron chi connectivity index (χ2n) is 16.7. The van der Waals surface area contributed by atoms with Crippen LogP contribution < -0.4 is 4.90 Å². The van der Waals surface area contributed by atoms with Crippen molar-refractivity contribution in [2.45, 2.75) is 19.3 Å². The van der Waals surface area contributed by atoms with Crippen molar-refractivity contribution in [3.05, 3.63) is 223 Å². The summed E-state index contributed by atoms with van der Waals surface area (Å²) in [6, 6.07) is 77.1. The van der Waals surface area contributed by atoms with Crippen molar-refractivity contribution in [3.63, 3.8) is 0 Å². The summed E-state index contributed by atoms with van der Waals surface area (Å²) < 4.78 is 2.40. The molecule has 3 heteroatoms. The lowest BCUT2D eigenvalue weighted by atomic mass is 9.82. The van der Waals surface area contributed by atoms with E-state index in [1.807, 2.05) is 0 Å². The second-order valence-corrected chi connectivity index (χ2v) is 16.7. The van der Waals surface area contributed by atoms with E-state index in [1.165, 1.54) is 60.6 Å². The Kier molecular flexibility index (Phi) is 7.88. The topological polar surface area (TPSA) is 21.1 Å². The van der Waals surface area contributed by atoms with E-state index in [9.17, 15) is 0 Å². The summed E-state index contributed by atoms with van der Waals surface area (Å²) in [4.78, 5) is 7.80. The molecule has 288 valence electrons. The van der Waals surface area contributed by atoms with Crippen molar-refractivity contribution in [2.24, 2.45) is 0 Å². The number of hydrogen-bond donors (Lipinski definition) is 0. The number of pyridine rings is 1. The molecule has 0 saturated carbocycles. The molecule has 0 bridgehead atoms. The fourth-order valence-electron chi connectivity index (χ4n) is 10.1. The maximum Gasteiger partial charge on any atom is 0.0788 e. The SMILES string of the molecule is CC1(C)c2ccccc2-c2ccc(N(c3ccc(-c4ccccc4)cc3)c3ccc(-c4nc5ccccc5c5c4ccc4c5c5ccccc5n4-c4ccccc4)cc3)cc21. The fourth-order valence-corrected chi connectivity index (χ4v) is 10.1. The number of hydrogen-bond acceptors (Lipinski definition) is 2. The zero-order valence-corrected chi connectivity index (χ0v) is 34.0. The molecule has 0 fully saturated rings. The Morgan fingerprint density at radius 2 is 1.00 bits per heavy atom. The molecule has 0 radical (unpaired) electrons. The average molecular weight is 780 g/mol. The molecule has 0 aliphatic heterocycles. The van der Waals surface area contributed by atoms with Gasteiger partial charge in [-0.15, -0.1) is 0 Å². The summed E-state index contributed by atoms with van der Waals surface area (Å²) in [6.07, 6.45) is 0. The molecule has 9 aromatic carbocycles. The van der Waals surface area contributed by atoms with Gasteiger partial charge in [0.15, 0.2) is 0 Å². The number of benzene rings is 9. The number of nitrogens with zero attached hydrogens (tertiary/aromatic N) is 3. The third kappa shape index (κ3) is 5.47. The minimum absolute atomic E-state index is 0.115. The second kappa shape index (κ2) is 13.7. The maximum absolute atomic E-state index is 5.41. The van der Waals surface area contributed by atoms with Gasteiger partial charge in [-0.25, -0.2) is 4.98 Å². The van der Waals surface area contributed by atoms with Crippen LogP contribution in [0.3, 0.4) is 0 Å². The lowest BCUT2D eigenvalue weighted by molar-refractivity contribution is 0.660. The molecule has 1 aliphatic carbocycles. The Labute approximate surface area is 355 Å². The van der Waals surface area contributed by atoms with Crippen LogP contribution >= 0.6 is 0 Å². The Balaban J connectivity index is 1.03. The highest BCUT2D eigenvalue weighted by Crippen LogP contribution is 2.51. The van der Waals surface area contributed by atoms with Crippen molar-refractivity contribution in [1.82, 2.24) is 9.55 Å². The molecular weight excluding hydrogens is 739 g/mol. The van der Waals surface area contributed by atoms with Crippen LogP contribution in [-0.4, -0.2) is 9.55 Å². The molecule has 2 aromatic heterocycles. The smallest absolute Gasteiger partial charge is 0.0788 e. The van der Waals surface area contributed by atoms with Crippen molar-refractivity contribution in [1.29, 1.82) is 0 Å². The first kappa shape index (κ1) is 35.2. The lowest BCUT2D eigenvalue weighted by Gasteiger charge is -2.28. The molecular formula is C58H41N3. The molecule has 0 amide bonds. The van der Waals surface area contributed by atoms with Gasteiger partial charge in [-0.2, -0.15) is 0 Å². The van der Waals surface area contributed by atoms with E-state index < -0.39 is 0 Å². The molecule has 12 rings (SSSR count). The number of fused-ring (bicyclic) bond motifs is 10. The minimum Gasteiger partial charge on any atom is -0.310 e. The molecule has 3 nitrogen and oxygen atoms in total. The minimum atomic E-state index is -0.115. The molecule has 0 N–H and O–H groups in total. The van der Waals surface area contributed by atoms with Crippen LogP contribution in [-0.2, 0) is 5.41 Å². The van der Waals surface area contributed by atoms with E-state index in [4.69, 9.17) is 4.98 Å². The summed E-state index contributed by atoms with van der Waals surface area (Å²) in [5.41, 5.74) is 17.6. The molecule has 0 spiro atoms. The fraction of sp³-hybridized carbons (Fsp3) is 0.0517. The molecule has 2 heterocycles. The van der Waals surface area contributed by atoms with Gasteiger partial charge >= 0.3 is 0 Å². The number of anilines is 3. The number of aromatic nitrogens is 2. The van der Waals surface area contributed by atoms with E-state index in [-0.39, 0.29) is 5.41 Å². The Hall–Kier alpha value is -7.75. The van der Waals surface area contributed by atoms with Crippen molar-refractivity contribution < 1.29 is 0 Å². The normalized spacial score (nSPS) is 12.9. The average Bonchev–Trinajstić information content (AvgIpc) is 3.78. The van der Waals surface area contributed by atoms with Gasteiger partial charge < -0.3 is 9.47 Å². The summed E-state index contributed by atoms with van der Waals surface area (Å²) in [5, 5.41) is 6.02. The zero-order valence-electron chi connectivity index (χ0n) is 34.0. The van der Waals surface area contributed by atoms with Gasteiger partial charge in [0.05, 0.1) is 22.2 Å². The van der Waals surface area contributed by atoms with Crippen molar-refractivity contribution >= 4 is 60.5 Å². The molecule has 0 atom stereocenters. The Morgan fingerprint density at radius 1 is 0.410 bits per heavy atom. The van der Waals surface area contributed by atoms with Crippen LogP contribution in [0.15, 0.2) is 212 Å². The van der Waals surface area contributed by atoms with Gasteiger partial charge in [-0.3, -0.25) is 0 Å². The summed E-state index contributed by atoms with van der Waals surface area (Å²) in [7, 11) is 0. The molecule has 61 heavy (non-hydrogen) atoms. The highest BCUT2D eigenvalue weighted by molar-refractivity contribution is 6.29. The standard InChI is InChI=1S/C58H41N3/c1-58(2)50-22-12-9-19-45(50)46-34-33-44(37-51(46)58)60(42-29-25-39(26-30-42)38-15-5-3-6-16-38)43-31-27-40(28-32-43)57-49-35-36-54-56(55(49)47-20-10-13-23-52(47)59-57)48-21-11-14-24-53(48)61(54)41-17-7-4-8-18-41/h3-37H,1-2H3. The van der Waals surface area contributed by atoms with Gasteiger partial charge in [0.1, 0.15) is 0 Å². The van der Waals surface area contributed by atoms with Gasteiger partial charge in [0.2, 0.25) is 0 Å². The van der Waals surface area contributed by atoms with Crippen LogP contribution in [0.5, 0.6) is 0 Å². The van der Waals surface area contributed by atoms with Gasteiger partial charge in [0.25, 0.3) is 0 Å². The van der Waals surface area contributed by atoms with Crippen molar-refractivity contribution in [3.8, 4) is 39.2 Å². The predicted octanol–water partition coefficient (Wildman–Crippen LogP) is 15.6. The van der Waals surface area contributed by atoms with E-state index in [1.54, 1.807) is 0 Å². The van der Waals surface area contributed by atoms with Crippen LogP contribution in [0.25, 0.3) is 82.7 Å². The van der Waals surface area contributed by atoms with Crippen LogP contribution in [0.2, 0.25) is 0 Å². The first-order valence-electron chi connectivity index (χ1n) is 21.1. The third-order valence-corrected chi connectivity index (χ3v) is 13.0.